The molecule has 0 bridgehead atoms. The summed E-state index contributed by atoms with van der Waals surface area (Å²) in [6, 6.07) is 8.92. The van der Waals surface area contributed by atoms with E-state index in [0.29, 0.717) is 0 Å². The van der Waals surface area contributed by atoms with Crippen LogP contribution >= 0.6 is 0 Å². The van der Waals surface area contributed by atoms with Gasteiger partial charge in [0.1, 0.15) is 40.6 Å². The summed E-state index contributed by atoms with van der Waals surface area (Å²) in [6.45, 7) is 0. The Morgan fingerprint density at radius 3 is 1.88 bits per heavy atom. The Morgan fingerprint density at radius 1 is 0.558 bits per heavy atom. The molecular weight excluding hydrogens is 568 g/mol. The lowest BCUT2D eigenvalue weighted by atomic mass is 9.77. The Kier molecular flexibility index (Phi) is 6.36. The van der Waals surface area contributed by atoms with E-state index in [9.17, 15) is 56.2 Å². The second-order valence-corrected chi connectivity index (χ2v) is 10.5. The molecule has 2 aliphatic rings. The molecule has 0 aliphatic carbocycles. The number of phenolic OH excluding ortho intramolecular Hbond substituents is 9. The van der Waals surface area contributed by atoms with Crippen LogP contribution in [0.5, 0.6) is 63.2 Å². The van der Waals surface area contributed by atoms with Crippen molar-refractivity contribution in [3.63, 3.8) is 0 Å². The normalized spacial score (nSPS) is 22.6. The molecule has 5 atom stereocenters. The zero-order chi connectivity index (χ0) is 30.9. The van der Waals surface area contributed by atoms with Gasteiger partial charge in [-0.1, -0.05) is 6.07 Å². The molecule has 0 radical (unpaired) electrons. The summed E-state index contributed by atoms with van der Waals surface area (Å²) < 4.78 is 12.0. The highest BCUT2D eigenvalue weighted by molar-refractivity contribution is 5.66. The first-order chi connectivity index (χ1) is 20.3. The number of ether oxygens (including phenoxy) is 2. The smallest absolute Gasteiger partial charge is 0.200 e. The Balaban J connectivity index is 1.56. The molecule has 11 N–H and O–H groups in total. The van der Waals surface area contributed by atoms with E-state index in [1.54, 1.807) is 0 Å². The van der Waals surface area contributed by atoms with Crippen LogP contribution in [0.25, 0.3) is 0 Å². The van der Waals surface area contributed by atoms with Gasteiger partial charge < -0.3 is 65.6 Å². The second-order valence-electron chi connectivity index (χ2n) is 10.5. The molecule has 0 saturated carbocycles. The lowest BCUT2D eigenvalue weighted by molar-refractivity contribution is 0.00113. The number of hydrogen-bond acceptors (Lipinski definition) is 13. The average molecular weight is 595 g/mol. The van der Waals surface area contributed by atoms with Crippen molar-refractivity contribution < 1.29 is 65.6 Å². The molecule has 0 fully saturated rings. The van der Waals surface area contributed by atoms with E-state index in [0.717, 1.165) is 30.3 Å². The fraction of sp³-hybridized carbons (Fsp3) is 0.200. The molecule has 43 heavy (non-hydrogen) atoms. The van der Waals surface area contributed by atoms with E-state index in [-0.39, 0.29) is 51.5 Å². The van der Waals surface area contributed by atoms with Gasteiger partial charge in [-0.05, 0) is 29.8 Å². The van der Waals surface area contributed by atoms with Crippen molar-refractivity contribution in [1.82, 2.24) is 0 Å². The van der Waals surface area contributed by atoms with Gasteiger partial charge in [0.05, 0.1) is 12.0 Å². The minimum Gasteiger partial charge on any atom is -0.508 e. The van der Waals surface area contributed by atoms with Gasteiger partial charge in [-0.15, -0.1) is 0 Å². The molecule has 0 spiro atoms. The van der Waals surface area contributed by atoms with Gasteiger partial charge in [0.25, 0.3) is 0 Å². The van der Waals surface area contributed by atoms with Crippen LogP contribution in [-0.2, 0) is 6.42 Å². The van der Waals surface area contributed by atoms with Crippen molar-refractivity contribution in [2.75, 3.05) is 0 Å². The summed E-state index contributed by atoms with van der Waals surface area (Å²) in [6.07, 6.45) is -5.87. The number of fused-ring (bicyclic) bond motifs is 2. The van der Waals surface area contributed by atoms with E-state index in [2.05, 4.69) is 0 Å². The van der Waals surface area contributed by atoms with Gasteiger partial charge in [-0.2, -0.15) is 0 Å². The maximum Gasteiger partial charge on any atom is 0.200 e. The van der Waals surface area contributed by atoms with Crippen LogP contribution in [0.2, 0.25) is 0 Å². The van der Waals surface area contributed by atoms with Crippen LogP contribution in [0.3, 0.4) is 0 Å². The van der Waals surface area contributed by atoms with Crippen LogP contribution < -0.4 is 9.47 Å². The predicted octanol–water partition coefficient (Wildman–Crippen LogP) is 2.70. The summed E-state index contributed by atoms with van der Waals surface area (Å²) in [5, 5.41) is 116. The summed E-state index contributed by atoms with van der Waals surface area (Å²) >= 11 is 0. The third-order valence-electron chi connectivity index (χ3n) is 7.77. The van der Waals surface area contributed by atoms with E-state index >= 15 is 0 Å². The summed E-state index contributed by atoms with van der Waals surface area (Å²) in [4.78, 5) is 0. The summed E-state index contributed by atoms with van der Waals surface area (Å²) in [5.74, 6) is -6.77. The van der Waals surface area contributed by atoms with Crippen LogP contribution in [0.4, 0.5) is 0 Å². The molecule has 0 unspecified atom stereocenters. The molecule has 0 amide bonds. The van der Waals surface area contributed by atoms with E-state index in [1.807, 2.05) is 0 Å². The molecule has 2 heterocycles. The first kappa shape index (κ1) is 27.8. The fourth-order valence-corrected chi connectivity index (χ4v) is 5.78. The van der Waals surface area contributed by atoms with Crippen molar-refractivity contribution in [1.29, 1.82) is 0 Å². The number of phenols is 9. The van der Waals surface area contributed by atoms with Gasteiger partial charge in [-0.3, -0.25) is 0 Å². The minimum absolute atomic E-state index is 0.0258. The maximum absolute atomic E-state index is 11.8. The maximum atomic E-state index is 11.8. The zero-order valence-corrected chi connectivity index (χ0v) is 21.9. The number of hydrogen-bond donors (Lipinski definition) is 11. The van der Waals surface area contributed by atoms with Gasteiger partial charge in [0, 0.05) is 46.9 Å². The van der Waals surface area contributed by atoms with Crippen LogP contribution in [0, 0.1) is 0 Å². The molecule has 6 rings (SSSR count). The van der Waals surface area contributed by atoms with Gasteiger partial charge >= 0.3 is 0 Å². The molecule has 13 nitrogen and oxygen atoms in total. The Hall–Kier alpha value is -5.40. The molecule has 0 saturated heterocycles. The standard InChI is InChI=1S/C30H26O13/c31-12-6-17(35)23-22(7-12)42-29(10-1-2-14(32)16(34)3-10)27(41)25(23)24-18(36)9-15(33)13-8-21(39)28(43-30(13)24)11-4-19(37)26(40)20(38)5-11/h1-7,9,21,25,27-29,31-41H,8H2/t21-,25-,27+,28-,29-/m1/s1. The van der Waals surface area contributed by atoms with Crippen molar-refractivity contribution in [2.45, 2.75) is 36.8 Å². The Labute approximate surface area is 242 Å². The predicted molar refractivity (Wildman–Crippen MR) is 145 cm³/mol. The van der Waals surface area contributed by atoms with Crippen molar-refractivity contribution in [3.8, 4) is 63.2 Å². The first-order valence-corrected chi connectivity index (χ1v) is 12.9. The fourth-order valence-electron chi connectivity index (χ4n) is 5.78. The molecule has 4 aromatic carbocycles. The van der Waals surface area contributed by atoms with Gasteiger partial charge in [0.15, 0.2) is 41.0 Å². The number of aliphatic hydroxyl groups excluding tert-OH is 2. The van der Waals surface area contributed by atoms with E-state index in [4.69, 9.17) is 9.47 Å². The van der Waals surface area contributed by atoms with Crippen LogP contribution in [0.15, 0.2) is 48.5 Å². The van der Waals surface area contributed by atoms with E-state index in [1.165, 1.54) is 18.2 Å². The first-order valence-electron chi connectivity index (χ1n) is 12.9. The summed E-state index contributed by atoms with van der Waals surface area (Å²) in [7, 11) is 0. The minimum atomic E-state index is -1.64. The quantitative estimate of drug-likeness (QED) is 0.153. The van der Waals surface area contributed by atoms with E-state index < -0.39 is 76.3 Å². The largest absolute Gasteiger partial charge is 0.508 e. The third-order valence-corrected chi connectivity index (χ3v) is 7.77. The zero-order valence-electron chi connectivity index (χ0n) is 21.9. The highest BCUT2D eigenvalue weighted by atomic mass is 16.5. The van der Waals surface area contributed by atoms with Gasteiger partial charge in [0.2, 0.25) is 0 Å². The number of benzene rings is 4. The lowest BCUT2D eigenvalue weighted by Crippen LogP contribution is -2.36. The number of rotatable bonds is 3. The van der Waals surface area contributed by atoms with Crippen molar-refractivity contribution >= 4 is 0 Å². The number of aliphatic hydroxyl groups is 2. The Bertz CT molecular complexity index is 1750. The molecule has 0 aromatic heterocycles. The highest BCUT2D eigenvalue weighted by Crippen LogP contribution is 2.57. The SMILES string of the molecule is Oc1cc(O)c2c(c1)O[C@H](c1ccc(O)c(O)c1)[C@@H](O)[C@H]2c1c(O)cc(O)c2c1O[C@H](c1cc(O)c(O)c(O)c1)[C@H](O)C2. The van der Waals surface area contributed by atoms with Crippen LogP contribution in [-0.4, -0.2) is 68.4 Å². The average Bonchev–Trinajstić information content (AvgIpc) is 2.94. The molecule has 2 aliphatic heterocycles. The molecule has 13 heteroatoms. The third kappa shape index (κ3) is 4.42. The monoisotopic (exact) mass is 594 g/mol. The molecule has 4 aromatic rings. The topological polar surface area (TPSA) is 241 Å². The molecule has 224 valence electrons. The van der Waals surface area contributed by atoms with Crippen molar-refractivity contribution in [3.05, 3.63) is 76.3 Å². The van der Waals surface area contributed by atoms with Crippen LogP contribution in [0.1, 0.15) is 45.9 Å². The van der Waals surface area contributed by atoms with Crippen molar-refractivity contribution in [2.24, 2.45) is 0 Å². The Morgan fingerprint density at radius 2 is 1.21 bits per heavy atom. The summed E-state index contributed by atoms with van der Waals surface area (Å²) in [5.41, 5.74) is 0.0126. The number of aromatic hydroxyl groups is 9. The second kappa shape index (κ2) is 9.86. The lowest BCUT2D eigenvalue weighted by Gasteiger charge is -2.40. The highest BCUT2D eigenvalue weighted by Gasteiger charge is 2.46. The molecular formula is C30H26O13. The van der Waals surface area contributed by atoms with Gasteiger partial charge in [-0.25, -0.2) is 0 Å².